The van der Waals surface area contributed by atoms with Crippen LogP contribution in [0.15, 0.2) is 29.4 Å². The summed E-state index contributed by atoms with van der Waals surface area (Å²) >= 11 is 0. The summed E-state index contributed by atoms with van der Waals surface area (Å²) in [6.45, 7) is 5.79. The largest absolute Gasteiger partial charge is 0.455 e. The van der Waals surface area contributed by atoms with Crippen molar-refractivity contribution in [2.45, 2.75) is 45.5 Å². The normalized spacial score (nSPS) is 17.0. The van der Waals surface area contributed by atoms with Crippen LogP contribution in [0.1, 0.15) is 32.8 Å². The Morgan fingerprint density at radius 1 is 1.29 bits per heavy atom. The van der Waals surface area contributed by atoms with E-state index in [9.17, 15) is 9.59 Å². The van der Waals surface area contributed by atoms with Gasteiger partial charge in [0.1, 0.15) is 5.60 Å². The lowest BCUT2D eigenvalue weighted by molar-refractivity contribution is -0.146. The molecule has 0 spiro atoms. The molecule has 0 saturated carbocycles. The average molecular weight is 334 g/mol. The van der Waals surface area contributed by atoms with Crippen molar-refractivity contribution in [1.29, 1.82) is 0 Å². The van der Waals surface area contributed by atoms with E-state index in [1.165, 1.54) is 0 Å². The van der Waals surface area contributed by atoms with E-state index in [1.54, 1.807) is 40.0 Å². The second-order valence-electron chi connectivity index (χ2n) is 6.46. The highest BCUT2D eigenvalue weighted by atomic mass is 16.7. The Balaban J connectivity index is 1.88. The summed E-state index contributed by atoms with van der Waals surface area (Å²) in [5.41, 5.74) is 1.13. The van der Waals surface area contributed by atoms with Crippen molar-refractivity contribution in [2.75, 3.05) is 12.4 Å². The molecule has 1 aromatic rings. The van der Waals surface area contributed by atoms with E-state index < -0.39 is 17.7 Å². The fraction of sp³-hybridized carbons (Fsp3) is 0.471. The van der Waals surface area contributed by atoms with Gasteiger partial charge in [-0.1, -0.05) is 17.3 Å². The van der Waals surface area contributed by atoms with Gasteiger partial charge in [-0.25, -0.2) is 4.79 Å². The summed E-state index contributed by atoms with van der Waals surface area (Å²) in [4.78, 5) is 29.2. The van der Waals surface area contributed by atoms with Gasteiger partial charge in [-0.15, -0.1) is 0 Å². The molecule has 1 N–H and O–H groups in total. The fourth-order valence-electron chi connectivity index (χ4n) is 2.05. The first-order valence-corrected chi connectivity index (χ1v) is 7.63. The summed E-state index contributed by atoms with van der Waals surface area (Å²) in [5, 5.41) is 6.40. The van der Waals surface area contributed by atoms with E-state index in [-0.39, 0.29) is 18.0 Å². The van der Waals surface area contributed by atoms with Gasteiger partial charge in [-0.05, 0) is 38.5 Å². The molecule has 1 heterocycles. The molecule has 1 aromatic carbocycles. The monoisotopic (exact) mass is 334 g/mol. The molecular weight excluding hydrogens is 312 g/mol. The molecule has 7 nitrogen and oxygen atoms in total. The summed E-state index contributed by atoms with van der Waals surface area (Å²) in [6, 6.07) is 7.27. The first kappa shape index (κ1) is 17.9. The van der Waals surface area contributed by atoms with E-state index >= 15 is 0 Å². The molecule has 1 atom stereocenters. The number of oxime groups is 1. The number of hydrogen-bond acceptors (Lipinski definition) is 6. The van der Waals surface area contributed by atoms with Crippen LogP contribution in [0, 0.1) is 0 Å². The highest BCUT2D eigenvalue weighted by Crippen LogP contribution is 2.17. The molecule has 130 valence electrons. The standard InChI is InChI=1S/C17H22N2O5/c1-17(2,3)23-16(21)13-9-14(24-19-13)15(20)18-12-7-5-11(6-8-12)10-22-4/h5-8,14H,9-10H2,1-4H3,(H,18,20)/t14-/m1/s1. The van der Waals surface area contributed by atoms with Crippen molar-refractivity contribution in [2.24, 2.45) is 5.16 Å². The molecule has 0 bridgehead atoms. The van der Waals surface area contributed by atoms with Gasteiger partial charge in [0.15, 0.2) is 5.71 Å². The van der Waals surface area contributed by atoms with Gasteiger partial charge in [0.05, 0.1) is 6.61 Å². The number of methoxy groups -OCH3 is 1. The number of carbonyl (C=O) groups is 2. The quantitative estimate of drug-likeness (QED) is 0.835. The maximum atomic E-state index is 12.2. The van der Waals surface area contributed by atoms with Crippen molar-refractivity contribution in [1.82, 2.24) is 0 Å². The Bertz CT molecular complexity index is 631. The Labute approximate surface area is 141 Å². The maximum absolute atomic E-state index is 12.2. The summed E-state index contributed by atoms with van der Waals surface area (Å²) in [5.74, 6) is -0.932. The predicted molar refractivity (Wildman–Crippen MR) is 88.6 cm³/mol. The van der Waals surface area contributed by atoms with Gasteiger partial charge in [0, 0.05) is 19.2 Å². The second kappa shape index (κ2) is 7.44. The highest BCUT2D eigenvalue weighted by Gasteiger charge is 2.34. The van der Waals surface area contributed by atoms with E-state index in [0.29, 0.717) is 12.3 Å². The van der Waals surface area contributed by atoms with Crippen molar-refractivity contribution in [3.8, 4) is 0 Å². The molecule has 1 aliphatic heterocycles. The number of hydrogen-bond donors (Lipinski definition) is 1. The van der Waals surface area contributed by atoms with Crippen LogP contribution >= 0.6 is 0 Å². The lowest BCUT2D eigenvalue weighted by Gasteiger charge is -2.18. The number of benzene rings is 1. The lowest BCUT2D eigenvalue weighted by Crippen LogP contribution is -2.31. The average Bonchev–Trinajstić information content (AvgIpc) is 2.98. The van der Waals surface area contributed by atoms with Gasteiger partial charge in [-0.2, -0.15) is 0 Å². The van der Waals surface area contributed by atoms with Crippen LogP contribution in [0.2, 0.25) is 0 Å². The lowest BCUT2D eigenvalue weighted by atomic mass is 10.1. The number of anilines is 1. The molecule has 7 heteroatoms. The van der Waals surface area contributed by atoms with Gasteiger partial charge < -0.3 is 19.6 Å². The van der Waals surface area contributed by atoms with Crippen molar-refractivity contribution < 1.29 is 23.9 Å². The molecular formula is C17H22N2O5. The van der Waals surface area contributed by atoms with Gasteiger partial charge in [0.25, 0.3) is 5.91 Å². The van der Waals surface area contributed by atoms with E-state index in [2.05, 4.69) is 10.5 Å². The zero-order valence-electron chi connectivity index (χ0n) is 14.3. The van der Waals surface area contributed by atoms with Crippen LogP contribution in [-0.4, -0.2) is 36.4 Å². The first-order valence-electron chi connectivity index (χ1n) is 7.63. The molecule has 0 aromatic heterocycles. The molecule has 24 heavy (non-hydrogen) atoms. The number of amides is 1. The van der Waals surface area contributed by atoms with Gasteiger partial charge in [-0.3, -0.25) is 4.79 Å². The van der Waals surface area contributed by atoms with Crippen molar-refractivity contribution >= 4 is 23.3 Å². The van der Waals surface area contributed by atoms with Crippen molar-refractivity contribution in [3.63, 3.8) is 0 Å². The number of carbonyl (C=O) groups excluding carboxylic acids is 2. The number of nitrogens with one attached hydrogen (secondary N) is 1. The number of rotatable bonds is 5. The molecule has 0 radical (unpaired) electrons. The number of ether oxygens (including phenoxy) is 2. The van der Waals surface area contributed by atoms with Gasteiger partial charge in [0.2, 0.25) is 6.10 Å². The minimum absolute atomic E-state index is 0.0858. The molecule has 0 saturated heterocycles. The van der Waals surface area contributed by atoms with E-state index in [4.69, 9.17) is 14.3 Å². The zero-order valence-corrected chi connectivity index (χ0v) is 14.3. The third-order valence-corrected chi connectivity index (χ3v) is 3.13. The van der Waals surface area contributed by atoms with Crippen LogP contribution in [0.4, 0.5) is 5.69 Å². The smallest absolute Gasteiger partial charge is 0.356 e. The Morgan fingerprint density at radius 2 is 1.96 bits per heavy atom. The topological polar surface area (TPSA) is 86.2 Å². The molecule has 2 rings (SSSR count). The zero-order chi connectivity index (χ0) is 17.7. The summed E-state index contributed by atoms with van der Waals surface area (Å²) < 4.78 is 10.2. The van der Waals surface area contributed by atoms with Crippen LogP contribution in [0.25, 0.3) is 0 Å². The minimum atomic E-state index is -0.842. The summed E-state index contributed by atoms with van der Waals surface area (Å²) in [6.07, 6.45) is -0.756. The van der Waals surface area contributed by atoms with Crippen LogP contribution < -0.4 is 5.32 Å². The van der Waals surface area contributed by atoms with E-state index in [0.717, 1.165) is 5.56 Å². The first-order chi connectivity index (χ1) is 11.3. The number of esters is 1. The van der Waals surface area contributed by atoms with Crippen LogP contribution in [-0.2, 0) is 30.5 Å². The Morgan fingerprint density at radius 3 is 2.54 bits per heavy atom. The number of nitrogens with zero attached hydrogens (tertiary/aromatic N) is 1. The fourth-order valence-corrected chi connectivity index (χ4v) is 2.05. The third kappa shape index (κ3) is 5.06. The molecule has 1 aliphatic rings. The predicted octanol–water partition coefficient (Wildman–Crippen LogP) is 2.26. The summed E-state index contributed by atoms with van der Waals surface area (Å²) in [7, 11) is 1.62. The highest BCUT2D eigenvalue weighted by molar-refractivity contribution is 6.37. The third-order valence-electron chi connectivity index (χ3n) is 3.13. The van der Waals surface area contributed by atoms with Crippen molar-refractivity contribution in [3.05, 3.63) is 29.8 Å². The van der Waals surface area contributed by atoms with Crippen LogP contribution in [0.5, 0.6) is 0 Å². The SMILES string of the molecule is COCc1ccc(NC(=O)[C@H]2CC(C(=O)OC(C)(C)C)=NO2)cc1. The Kier molecular flexibility index (Phi) is 5.56. The Hall–Kier alpha value is -2.41. The van der Waals surface area contributed by atoms with Gasteiger partial charge >= 0.3 is 5.97 Å². The minimum Gasteiger partial charge on any atom is -0.455 e. The second-order valence-corrected chi connectivity index (χ2v) is 6.46. The van der Waals surface area contributed by atoms with Crippen LogP contribution in [0.3, 0.4) is 0 Å². The molecule has 1 amide bonds. The molecule has 0 unspecified atom stereocenters. The molecule has 0 fully saturated rings. The maximum Gasteiger partial charge on any atom is 0.356 e. The molecule has 0 aliphatic carbocycles. The van der Waals surface area contributed by atoms with E-state index in [1.807, 2.05) is 12.1 Å².